The number of hydrazone groups is 1. The predicted octanol–water partition coefficient (Wildman–Crippen LogP) is 2.71. The Morgan fingerprint density at radius 3 is 2.62 bits per heavy atom. The Bertz CT molecular complexity index is 840. The van der Waals surface area contributed by atoms with Crippen molar-refractivity contribution in [3.05, 3.63) is 58.4 Å². The summed E-state index contributed by atoms with van der Waals surface area (Å²) < 4.78 is 23.0. The van der Waals surface area contributed by atoms with Crippen LogP contribution in [-0.4, -0.2) is 36.9 Å². The molecule has 0 atom stereocenters. The van der Waals surface area contributed by atoms with E-state index in [1.807, 2.05) is 0 Å². The molecule has 0 saturated heterocycles. The Morgan fingerprint density at radius 2 is 2.00 bits per heavy atom. The van der Waals surface area contributed by atoms with Gasteiger partial charge in [0.15, 0.2) is 18.1 Å². The molecule has 2 N–H and O–H groups in total. The van der Waals surface area contributed by atoms with Crippen LogP contribution in [0.3, 0.4) is 0 Å². The first kappa shape index (κ1) is 19.2. The SMILES string of the molecule is COc1cc(/C=N\NC(=O)c2ccc(F)cc2)cc(Cl)c1OCC(=O)O. The van der Waals surface area contributed by atoms with Crippen molar-refractivity contribution in [1.29, 1.82) is 0 Å². The van der Waals surface area contributed by atoms with Crippen LogP contribution in [-0.2, 0) is 4.79 Å². The first-order valence-electron chi connectivity index (χ1n) is 7.22. The monoisotopic (exact) mass is 380 g/mol. The second-order valence-electron chi connectivity index (χ2n) is 4.92. The standard InChI is InChI=1S/C17H14ClFN2O5/c1-25-14-7-10(6-13(18)16(14)26-9-15(22)23)8-20-21-17(24)11-2-4-12(19)5-3-11/h2-8H,9H2,1H3,(H,21,24)(H,22,23)/b20-8-. The van der Waals surface area contributed by atoms with E-state index in [4.69, 9.17) is 26.2 Å². The number of hydrogen-bond acceptors (Lipinski definition) is 5. The summed E-state index contributed by atoms with van der Waals surface area (Å²) in [7, 11) is 1.37. The zero-order valence-corrected chi connectivity index (χ0v) is 14.3. The third-order valence-electron chi connectivity index (χ3n) is 3.08. The van der Waals surface area contributed by atoms with Gasteiger partial charge in [0, 0.05) is 5.56 Å². The zero-order chi connectivity index (χ0) is 19.1. The van der Waals surface area contributed by atoms with Gasteiger partial charge in [0.1, 0.15) is 5.82 Å². The third kappa shape index (κ3) is 5.18. The normalized spacial score (nSPS) is 10.6. The van der Waals surface area contributed by atoms with Gasteiger partial charge in [0.2, 0.25) is 0 Å². The summed E-state index contributed by atoms with van der Waals surface area (Å²) in [6, 6.07) is 7.97. The van der Waals surface area contributed by atoms with Crippen molar-refractivity contribution in [3.8, 4) is 11.5 Å². The van der Waals surface area contributed by atoms with Crippen LogP contribution >= 0.6 is 11.6 Å². The molecule has 2 aromatic carbocycles. The fourth-order valence-electron chi connectivity index (χ4n) is 1.92. The minimum atomic E-state index is -1.16. The molecule has 0 fully saturated rings. The topological polar surface area (TPSA) is 97.2 Å². The number of nitrogens with one attached hydrogen (secondary N) is 1. The van der Waals surface area contributed by atoms with Gasteiger partial charge in [0.05, 0.1) is 18.3 Å². The number of carboxylic acids is 1. The van der Waals surface area contributed by atoms with E-state index in [-0.39, 0.29) is 22.1 Å². The molecule has 0 aromatic heterocycles. The highest BCUT2D eigenvalue weighted by molar-refractivity contribution is 6.32. The number of carboxylic acid groups (broad SMARTS) is 1. The smallest absolute Gasteiger partial charge is 0.341 e. The number of carbonyl (C=O) groups is 2. The van der Waals surface area contributed by atoms with E-state index in [0.717, 1.165) is 0 Å². The molecule has 26 heavy (non-hydrogen) atoms. The Kier molecular flexibility index (Phi) is 6.51. The van der Waals surface area contributed by atoms with Gasteiger partial charge in [-0.15, -0.1) is 0 Å². The summed E-state index contributed by atoms with van der Waals surface area (Å²) in [5.41, 5.74) is 3.02. The van der Waals surface area contributed by atoms with Crippen molar-refractivity contribution >= 4 is 29.7 Å². The second-order valence-corrected chi connectivity index (χ2v) is 5.33. The average Bonchev–Trinajstić information content (AvgIpc) is 2.60. The molecule has 0 aliphatic heterocycles. The first-order valence-corrected chi connectivity index (χ1v) is 7.59. The van der Waals surface area contributed by atoms with Crippen molar-refractivity contribution < 1.29 is 28.6 Å². The number of nitrogens with zero attached hydrogens (tertiary/aromatic N) is 1. The van der Waals surface area contributed by atoms with Crippen LogP contribution in [0.15, 0.2) is 41.5 Å². The van der Waals surface area contributed by atoms with Crippen molar-refractivity contribution in [3.63, 3.8) is 0 Å². The van der Waals surface area contributed by atoms with E-state index < -0.39 is 24.3 Å². The number of amides is 1. The lowest BCUT2D eigenvalue weighted by molar-refractivity contribution is -0.139. The summed E-state index contributed by atoms with van der Waals surface area (Å²) in [5.74, 6) is -1.82. The van der Waals surface area contributed by atoms with E-state index in [1.165, 1.54) is 49.7 Å². The third-order valence-corrected chi connectivity index (χ3v) is 3.36. The van der Waals surface area contributed by atoms with Crippen molar-refractivity contribution in [1.82, 2.24) is 5.43 Å². The van der Waals surface area contributed by atoms with Gasteiger partial charge in [-0.1, -0.05) is 11.6 Å². The second kappa shape index (κ2) is 8.82. The highest BCUT2D eigenvalue weighted by Crippen LogP contribution is 2.36. The molecule has 0 aliphatic carbocycles. The van der Waals surface area contributed by atoms with Crippen LogP contribution in [0.25, 0.3) is 0 Å². The number of rotatable bonds is 7. The van der Waals surface area contributed by atoms with E-state index in [1.54, 1.807) is 0 Å². The molecule has 7 nitrogen and oxygen atoms in total. The maximum Gasteiger partial charge on any atom is 0.341 e. The first-order chi connectivity index (χ1) is 12.4. The molecule has 1 amide bonds. The van der Waals surface area contributed by atoms with Crippen LogP contribution in [0.1, 0.15) is 15.9 Å². The van der Waals surface area contributed by atoms with E-state index in [9.17, 15) is 14.0 Å². The minimum Gasteiger partial charge on any atom is -0.493 e. The van der Waals surface area contributed by atoms with Gasteiger partial charge in [0.25, 0.3) is 5.91 Å². The molecule has 0 heterocycles. The van der Waals surface area contributed by atoms with Crippen LogP contribution in [0.2, 0.25) is 5.02 Å². The molecule has 2 aromatic rings. The minimum absolute atomic E-state index is 0.0871. The molecular formula is C17H14ClFN2O5. The Balaban J connectivity index is 2.09. The molecule has 0 unspecified atom stereocenters. The van der Waals surface area contributed by atoms with E-state index in [2.05, 4.69) is 10.5 Å². The number of benzene rings is 2. The number of ether oxygens (including phenoxy) is 2. The van der Waals surface area contributed by atoms with E-state index in [0.29, 0.717) is 5.56 Å². The lowest BCUT2D eigenvalue weighted by atomic mass is 10.2. The molecule has 136 valence electrons. The lowest BCUT2D eigenvalue weighted by Gasteiger charge is -2.11. The predicted molar refractivity (Wildman–Crippen MR) is 92.6 cm³/mol. The average molecular weight is 381 g/mol. The van der Waals surface area contributed by atoms with Gasteiger partial charge >= 0.3 is 5.97 Å². The van der Waals surface area contributed by atoms with Crippen LogP contribution in [0.5, 0.6) is 11.5 Å². The maximum absolute atomic E-state index is 12.8. The van der Waals surface area contributed by atoms with Crippen molar-refractivity contribution in [2.24, 2.45) is 5.10 Å². The van der Waals surface area contributed by atoms with Gasteiger partial charge in [-0.05, 0) is 42.0 Å². The molecular weight excluding hydrogens is 367 g/mol. The molecule has 0 bridgehead atoms. The summed E-state index contributed by atoms with van der Waals surface area (Å²) in [6.45, 7) is -0.572. The fraction of sp³-hybridized carbons (Fsp3) is 0.118. The maximum atomic E-state index is 12.8. The molecule has 2 rings (SSSR count). The highest BCUT2D eigenvalue weighted by Gasteiger charge is 2.13. The van der Waals surface area contributed by atoms with Gasteiger partial charge in [-0.25, -0.2) is 14.6 Å². The quantitative estimate of drug-likeness (QED) is 0.568. The van der Waals surface area contributed by atoms with Crippen LogP contribution in [0.4, 0.5) is 4.39 Å². The number of carbonyl (C=O) groups excluding carboxylic acids is 1. The van der Waals surface area contributed by atoms with Gasteiger partial charge in [-0.2, -0.15) is 5.10 Å². The van der Waals surface area contributed by atoms with Crippen molar-refractivity contribution in [2.45, 2.75) is 0 Å². The number of hydrogen-bond donors (Lipinski definition) is 2. The number of methoxy groups -OCH3 is 1. The molecule has 0 saturated carbocycles. The van der Waals surface area contributed by atoms with Gasteiger partial charge in [-0.3, -0.25) is 4.79 Å². The van der Waals surface area contributed by atoms with Crippen molar-refractivity contribution in [2.75, 3.05) is 13.7 Å². The highest BCUT2D eigenvalue weighted by atomic mass is 35.5. The Hall–Kier alpha value is -3.13. The summed E-state index contributed by atoms with van der Waals surface area (Å²) in [4.78, 5) is 22.5. The summed E-state index contributed by atoms with van der Waals surface area (Å²) in [6.07, 6.45) is 1.32. The Morgan fingerprint density at radius 1 is 1.31 bits per heavy atom. The van der Waals surface area contributed by atoms with Gasteiger partial charge < -0.3 is 14.6 Å². The molecule has 0 spiro atoms. The molecule has 0 aliphatic rings. The Labute approximate surface area is 153 Å². The summed E-state index contributed by atoms with van der Waals surface area (Å²) in [5, 5.41) is 12.6. The number of halogens is 2. The summed E-state index contributed by atoms with van der Waals surface area (Å²) >= 11 is 6.07. The molecule has 0 radical (unpaired) electrons. The largest absolute Gasteiger partial charge is 0.493 e. The van der Waals surface area contributed by atoms with E-state index >= 15 is 0 Å². The van der Waals surface area contributed by atoms with Crippen LogP contribution < -0.4 is 14.9 Å². The lowest BCUT2D eigenvalue weighted by Crippen LogP contribution is -2.17. The number of aliphatic carboxylic acids is 1. The zero-order valence-electron chi connectivity index (χ0n) is 13.5. The molecule has 9 heteroatoms. The van der Waals surface area contributed by atoms with Crippen LogP contribution in [0, 0.1) is 5.82 Å². The fourth-order valence-corrected chi connectivity index (χ4v) is 2.19.